The van der Waals surface area contributed by atoms with Gasteiger partial charge in [-0.25, -0.2) is 4.99 Å². The van der Waals surface area contributed by atoms with Crippen LogP contribution in [0.4, 0.5) is 0 Å². The summed E-state index contributed by atoms with van der Waals surface area (Å²) in [6.45, 7) is 4.34. The van der Waals surface area contributed by atoms with Gasteiger partial charge in [-0.05, 0) is 24.6 Å². The summed E-state index contributed by atoms with van der Waals surface area (Å²) in [7, 11) is 3.23. The van der Waals surface area contributed by atoms with Gasteiger partial charge < -0.3 is 25.4 Å². The van der Waals surface area contributed by atoms with Gasteiger partial charge in [-0.2, -0.15) is 0 Å². The van der Waals surface area contributed by atoms with Crippen molar-refractivity contribution in [1.29, 1.82) is 0 Å². The lowest BCUT2D eigenvalue weighted by molar-refractivity contribution is -0.120. The molecule has 1 amide bonds. The van der Waals surface area contributed by atoms with Crippen LogP contribution < -0.4 is 20.7 Å². The van der Waals surface area contributed by atoms with E-state index in [1.54, 1.807) is 14.2 Å². The number of carbonyl (C=O) groups is 1. The lowest BCUT2D eigenvalue weighted by Crippen LogP contribution is -2.43. The summed E-state index contributed by atoms with van der Waals surface area (Å²) in [5.41, 5.74) is 1.03. The van der Waals surface area contributed by atoms with Crippen molar-refractivity contribution in [2.75, 3.05) is 40.5 Å². The summed E-state index contributed by atoms with van der Waals surface area (Å²) in [4.78, 5) is 16.1. The first-order chi connectivity index (χ1) is 11.2. The fourth-order valence-electron chi connectivity index (χ4n) is 1.80. The number of rotatable bonds is 9. The van der Waals surface area contributed by atoms with Crippen LogP contribution in [-0.2, 0) is 16.1 Å². The summed E-state index contributed by atoms with van der Waals surface area (Å²) in [5.74, 6) is 1.29. The highest BCUT2D eigenvalue weighted by Gasteiger charge is 2.03. The van der Waals surface area contributed by atoms with Gasteiger partial charge >= 0.3 is 0 Å². The number of hydrogen-bond acceptors (Lipinski definition) is 4. The van der Waals surface area contributed by atoms with Gasteiger partial charge in [0.25, 0.3) is 0 Å². The average Bonchev–Trinajstić information content (AvgIpc) is 2.57. The van der Waals surface area contributed by atoms with E-state index in [1.165, 1.54) is 0 Å². The van der Waals surface area contributed by atoms with Gasteiger partial charge in [-0.3, -0.25) is 4.79 Å². The Morgan fingerprint density at radius 1 is 1.21 bits per heavy atom. The average molecular weight is 450 g/mol. The highest BCUT2D eigenvalue weighted by molar-refractivity contribution is 14.0. The second-order valence-corrected chi connectivity index (χ2v) is 4.74. The highest BCUT2D eigenvalue weighted by Crippen LogP contribution is 2.12. The van der Waals surface area contributed by atoms with Crippen LogP contribution in [-0.4, -0.2) is 52.3 Å². The number of benzene rings is 1. The van der Waals surface area contributed by atoms with Gasteiger partial charge in [0.15, 0.2) is 5.96 Å². The number of guanidine groups is 1. The first kappa shape index (κ1) is 22.4. The summed E-state index contributed by atoms with van der Waals surface area (Å²) < 4.78 is 10.1. The standard InChI is InChI=1S/C16H26N4O3.HI/c1-4-17-16(20-12-15(21)18-8-9-22-2)19-11-13-6-5-7-14(10-13)23-3;/h5-7,10H,4,8-9,11-12H2,1-3H3,(H,18,21)(H2,17,19,20);1H. The highest BCUT2D eigenvalue weighted by atomic mass is 127. The summed E-state index contributed by atoms with van der Waals surface area (Å²) >= 11 is 0. The van der Waals surface area contributed by atoms with Crippen molar-refractivity contribution in [3.63, 3.8) is 0 Å². The fraction of sp³-hybridized carbons (Fsp3) is 0.500. The maximum atomic E-state index is 11.7. The lowest BCUT2D eigenvalue weighted by atomic mass is 10.2. The minimum Gasteiger partial charge on any atom is -0.497 e. The molecule has 0 aliphatic carbocycles. The van der Waals surface area contributed by atoms with E-state index in [-0.39, 0.29) is 36.4 Å². The van der Waals surface area contributed by atoms with Crippen molar-refractivity contribution in [1.82, 2.24) is 16.0 Å². The molecule has 0 unspecified atom stereocenters. The predicted molar refractivity (Wildman–Crippen MR) is 106 cm³/mol. The Morgan fingerprint density at radius 2 is 2.00 bits per heavy atom. The third-order valence-corrected chi connectivity index (χ3v) is 2.94. The minimum absolute atomic E-state index is 0. The molecule has 0 saturated heterocycles. The molecule has 0 aromatic heterocycles. The van der Waals surface area contributed by atoms with E-state index in [4.69, 9.17) is 9.47 Å². The van der Waals surface area contributed by atoms with Crippen molar-refractivity contribution in [2.45, 2.75) is 13.5 Å². The van der Waals surface area contributed by atoms with E-state index in [1.807, 2.05) is 31.2 Å². The molecule has 0 heterocycles. The van der Waals surface area contributed by atoms with Gasteiger partial charge in [-0.15, -0.1) is 24.0 Å². The number of halogens is 1. The van der Waals surface area contributed by atoms with Crippen LogP contribution in [0.5, 0.6) is 5.75 Å². The SMILES string of the molecule is CCNC(=NCc1cccc(OC)c1)NCC(=O)NCCOC.I. The number of carbonyl (C=O) groups excluding carboxylic acids is 1. The van der Waals surface area contributed by atoms with Crippen molar-refractivity contribution >= 4 is 35.8 Å². The third-order valence-electron chi connectivity index (χ3n) is 2.94. The van der Waals surface area contributed by atoms with Crippen LogP contribution in [0.15, 0.2) is 29.3 Å². The fourth-order valence-corrected chi connectivity index (χ4v) is 1.80. The van der Waals surface area contributed by atoms with Crippen LogP contribution in [0.3, 0.4) is 0 Å². The summed E-state index contributed by atoms with van der Waals surface area (Å²) in [6.07, 6.45) is 0. The normalized spacial score (nSPS) is 10.5. The zero-order chi connectivity index (χ0) is 16.9. The minimum atomic E-state index is -0.103. The molecule has 3 N–H and O–H groups in total. The van der Waals surface area contributed by atoms with E-state index < -0.39 is 0 Å². The smallest absolute Gasteiger partial charge is 0.239 e. The van der Waals surface area contributed by atoms with Crippen LogP contribution in [0, 0.1) is 0 Å². The summed E-state index contributed by atoms with van der Waals surface area (Å²) in [6, 6.07) is 7.73. The van der Waals surface area contributed by atoms with Gasteiger partial charge in [0, 0.05) is 20.2 Å². The van der Waals surface area contributed by atoms with Crippen molar-refractivity contribution in [3.05, 3.63) is 29.8 Å². The molecule has 1 aromatic carbocycles. The van der Waals surface area contributed by atoms with E-state index >= 15 is 0 Å². The number of ether oxygens (including phenoxy) is 2. The molecule has 0 atom stereocenters. The molecule has 1 rings (SSSR count). The molecule has 0 radical (unpaired) electrons. The van der Waals surface area contributed by atoms with E-state index in [9.17, 15) is 4.79 Å². The Hall–Kier alpha value is -1.55. The molecule has 0 saturated carbocycles. The molecule has 0 aliphatic rings. The molecule has 0 aliphatic heterocycles. The lowest BCUT2D eigenvalue weighted by Gasteiger charge is -2.11. The number of nitrogens with one attached hydrogen (secondary N) is 3. The number of aliphatic imine (C=N–C) groups is 1. The molecule has 136 valence electrons. The maximum Gasteiger partial charge on any atom is 0.239 e. The zero-order valence-corrected chi connectivity index (χ0v) is 16.8. The Kier molecular flexibility index (Phi) is 13.0. The Labute approximate surface area is 160 Å². The molecule has 0 bridgehead atoms. The molecule has 24 heavy (non-hydrogen) atoms. The van der Waals surface area contributed by atoms with Crippen molar-refractivity contribution in [2.24, 2.45) is 4.99 Å². The molecular formula is C16H27IN4O3. The van der Waals surface area contributed by atoms with Crippen LogP contribution >= 0.6 is 24.0 Å². The van der Waals surface area contributed by atoms with E-state index in [0.29, 0.717) is 25.7 Å². The van der Waals surface area contributed by atoms with Crippen LogP contribution in [0.25, 0.3) is 0 Å². The predicted octanol–water partition coefficient (Wildman–Crippen LogP) is 1.13. The van der Waals surface area contributed by atoms with Crippen molar-refractivity contribution in [3.8, 4) is 5.75 Å². The second-order valence-electron chi connectivity index (χ2n) is 4.74. The maximum absolute atomic E-state index is 11.7. The molecular weight excluding hydrogens is 423 g/mol. The number of nitrogens with zero attached hydrogens (tertiary/aromatic N) is 1. The monoisotopic (exact) mass is 450 g/mol. The van der Waals surface area contributed by atoms with Crippen LogP contribution in [0.1, 0.15) is 12.5 Å². The van der Waals surface area contributed by atoms with Gasteiger partial charge in [0.2, 0.25) is 5.91 Å². The van der Waals surface area contributed by atoms with E-state index in [2.05, 4.69) is 20.9 Å². The topological polar surface area (TPSA) is 84.0 Å². The summed E-state index contributed by atoms with van der Waals surface area (Å²) in [5, 5.41) is 8.85. The Bertz CT molecular complexity index is 512. The molecule has 8 heteroatoms. The largest absolute Gasteiger partial charge is 0.497 e. The molecule has 0 fully saturated rings. The molecule has 7 nitrogen and oxygen atoms in total. The van der Waals surface area contributed by atoms with Crippen molar-refractivity contribution < 1.29 is 14.3 Å². The quantitative estimate of drug-likeness (QED) is 0.228. The Balaban J connectivity index is 0.00000529. The first-order valence-corrected chi connectivity index (χ1v) is 7.60. The number of hydrogen-bond donors (Lipinski definition) is 3. The Morgan fingerprint density at radius 3 is 2.67 bits per heavy atom. The van der Waals surface area contributed by atoms with Crippen LogP contribution in [0.2, 0.25) is 0 Å². The third kappa shape index (κ3) is 9.56. The van der Waals surface area contributed by atoms with Gasteiger partial charge in [0.05, 0.1) is 26.8 Å². The molecule has 0 spiro atoms. The van der Waals surface area contributed by atoms with E-state index in [0.717, 1.165) is 17.9 Å². The second kappa shape index (κ2) is 13.8. The van der Waals surface area contributed by atoms with Gasteiger partial charge in [-0.1, -0.05) is 12.1 Å². The first-order valence-electron chi connectivity index (χ1n) is 7.60. The zero-order valence-electron chi connectivity index (χ0n) is 14.4. The number of methoxy groups -OCH3 is 2. The van der Waals surface area contributed by atoms with Gasteiger partial charge in [0.1, 0.15) is 5.75 Å². The molecule has 1 aromatic rings. The number of amides is 1.